The van der Waals surface area contributed by atoms with Crippen molar-refractivity contribution in [2.24, 2.45) is 0 Å². The molecule has 0 saturated heterocycles. The van der Waals surface area contributed by atoms with E-state index in [2.05, 4.69) is 37.3 Å². The molecule has 2 rings (SSSR count). The molecule has 0 radical (unpaired) electrons. The number of hydrogen-bond acceptors (Lipinski definition) is 0. The third-order valence-corrected chi connectivity index (χ3v) is 2.21. The van der Waals surface area contributed by atoms with Gasteiger partial charge in [-0.05, 0) is 6.42 Å². The second-order valence-electron chi connectivity index (χ2n) is 3.46. The van der Waals surface area contributed by atoms with Gasteiger partial charge in [0, 0.05) is 0 Å². The molecule has 17 heavy (non-hydrogen) atoms. The van der Waals surface area contributed by atoms with E-state index < -0.39 is 0 Å². The van der Waals surface area contributed by atoms with E-state index in [1.165, 1.54) is 11.1 Å². The minimum Gasteiger partial charge on any atom is -0.233 e. The molecule has 0 aliphatic heterocycles. The van der Waals surface area contributed by atoms with Gasteiger partial charge in [0.1, 0.15) is 0 Å². The fraction of sp³-hybridized carbons (Fsp3) is 0.125. The van der Waals surface area contributed by atoms with E-state index in [9.17, 15) is 0 Å². The van der Waals surface area contributed by atoms with Crippen LogP contribution in [0.25, 0.3) is 0 Å². The minimum atomic E-state index is 0. The van der Waals surface area contributed by atoms with E-state index >= 15 is 0 Å². The molecule has 0 atom stereocenters. The Morgan fingerprint density at radius 3 is 2.53 bits per heavy atom. The van der Waals surface area contributed by atoms with Crippen molar-refractivity contribution in [3.63, 3.8) is 0 Å². The van der Waals surface area contributed by atoms with E-state index in [1.54, 1.807) is 0 Å². The Morgan fingerprint density at radius 2 is 2.06 bits per heavy atom. The monoisotopic (exact) mass is 266 g/mol. The molecule has 1 aliphatic carbocycles. The number of rotatable bonds is 3. The second-order valence-corrected chi connectivity index (χ2v) is 3.46. The Kier molecular flexibility index (Phi) is 9.14. The molecule has 0 unspecified atom stereocenters. The summed E-state index contributed by atoms with van der Waals surface area (Å²) in [6.07, 6.45) is 13.4. The SMILES string of the molecule is C=CCC1=CC=CC1=C[CH-]C.[Fe+2].c1cc[cH-]c1. The van der Waals surface area contributed by atoms with E-state index in [-0.39, 0.29) is 17.1 Å². The van der Waals surface area contributed by atoms with Gasteiger partial charge in [-0.3, -0.25) is 0 Å². The third kappa shape index (κ3) is 6.11. The van der Waals surface area contributed by atoms with Crippen LogP contribution >= 0.6 is 0 Å². The maximum atomic E-state index is 3.71. The molecule has 0 nitrogen and oxygen atoms in total. The summed E-state index contributed by atoms with van der Waals surface area (Å²) in [6, 6.07) is 10.0. The van der Waals surface area contributed by atoms with E-state index in [4.69, 9.17) is 0 Å². The molecule has 1 aliphatic rings. The first kappa shape index (κ1) is 15.7. The molecule has 0 fully saturated rings. The van der Waals surface area contributed by atoms with Gasteiger partial charge < -0.3 is 0 Å². The largest absolute Gasteiger partial charge is 2.00 e. The van der Waals surface area contributed by atoms with Crippen molar-refractivity contribution in [3.05, 3.63) is 84.9 Å². The van der Waals surface area contributed by atoms with Crippen LogP contribution in [-0.2, 0) is 17.1 Å². The smallest absolute Gasteiger partial charge is 0.233 e. The van der Waals surface area contributed by atoms with Crippen LogP contribution in [0.3, 0.4) is 0 Å². The van der Waals surface area contributed by atoms with Crippen LogP contribution in [0.1, 0.15) is 13.3 Å². The third-order valence-electron chi connectivity index (χ3n) is 2.21. The average Bonchev–Trinajstić information content (AvgIpc) is 2.93. The Morgan fingerprint density at radius 1 is 1.35 bits per heavy atom. The van der Waals surface area contributed by atoms with Crippen molar-refractivity contribution >= 4 is 0 Å². The standard InChI is InChI=1S/C11H13.C5H5.Fe/c1-3-6-10-8-5-9-11(10)7-4-2;1-2-4-5-3-1;/h3-5,7-9H,1,6H2,2H3;1-5H;/q2*-1;+2. The summed E-state index contributed by atoms with van der Waals surface area (Å²) < 4.78 is 0. The summed E-state index contributed by atoms with van der Waals surface area (Å²) in [7, 11) is 0. The zero-order chi connectivity index (χ0) is 11.6. The number of allylic oxidation sites excluding steroid dienone is 7. The quantitative estimate of drug-likeness (QED) is 0.425. The van der Waals surface area contributed by atoms with Crippen LogP contribution in [-0.4, -0.2) is 0 Å². The number of hydrogen-bond donors (Lipinski definition) is 0. The Labute approximate surface area is 115 Å². The molecule has 0 bridgehead atoms. The van der Waals surface area contributed by atoms with Crippen LogP contribution in [0.4, 0.5) is 0 Å². The molecule has 1 aromatic carbocycles. The Hall–Kier alpha value is -1.30. The van der Waals surface area contributed by atoms with Crippen molar-refractivity contribution < 1.29 is 17.1 Å². The van der Waals surface area contributed by atoms with Crippen LogP contribution in [0, 0.1) is 6.42 Å². The van der Waals surface area contributed by atoms with Gasteiger partial charge >= 0.3 is 17.1 Å². The van der Waals surface area contributed by atoms with Crippen LogP contribution in [0.5, 0.6) is 0 Å². The summed E-state index contributed by atoms with van der Waals surface area (Å²) in [4.78, 5) is 0. The zero-order valence-corrected chi connectivity index (χ0v) is 11.2. The average molecular weight is 266 g/mol. The molecule has 0 heterocycles. The zero-order valence-electron chi connectivity index (χ0n) is 10.1. The normalized spacial score (nSPS) is 14.4. The van der Waals surface area contributed by atoms with Gasteiger partial charge in [-0.25, -0.2) is 24.6 Å². The molecule has 0 amide bonds. The molecular weight excluding hydrogens is 248 g/mol. The van der Waals surface area contributed by atoms with Gasteiger partial charge in [0.15, 0.2) is 0 Å². The van der Waals surface area contributed by atoms with Gasteiger partial charge in [0.25, 0.3) is 0 Å². The first-order valence-corrected chi connectivity index (χ1v) is 5.53. The van der Waals surface area contributed by atoms with Crippen LogP contribution < -0.4 is 0 Å². The molecule has 0 N–H and O–H groups in total. The maximum absolute atomic E-state index is 3.71. The molecular formula is C16H18Fe. The Balaban J connectivity index is 0.000000360. The molecule has 0 saturated carbocycles. The van der Waals surface area contributed by atoms with Gasteiger partial charge in [-0.15, -0.1) is 25.2 Å². The summed E-state index contributed by atoms with van der Waals surface area (Å²) in [5.41, 5.74) is 2.67. The first-order valence-electron chi connectivity index (χ1n) is 5.53. The van der Waals surface area contributed by atoms with Gasteiger partial charge in [-0.1, -0.05) is 18.2 Å². The van der Waals surface area contributed by atoms with Crippen LogP contribution in [0.15, 0.2) is 78.4 Å². The molecule has 1 heteroatoms. The summed E-state index contributed by atoms with van der Waals surface area (Å²) in [6.45, 7) is 5.75. The molecule has 0 spiro atoms. The van der Waals surface area contributed by atoms with Gasteiger partial charge in [0.2, 0.25) is 0 Å². The summed E-state index contributed by atoms with van der Waals surface area (Å²) in [5.74, 6) is 0. The van der Waals surface area contributed by atoms with Crippen molar-refractivity contribution in [1.82, 2.24) is 0 Å². The van der Waals surface area contributed by atoms with Crippen LogP contribution in [0.2, 0.25) is 0 Å². The summed E-state index contributed by atoms with van der Waals surface area (Å²) in [5, 5.41) is 0. The minimum absolute atomic E-state index is 0. The molecule has 1 aromatic rings. The first-order chi connectivity index (χ1) is 7.88. The second kappa shape index (κ2) is 9.89. The fourth-order valence-electron chi connectivity index (χ4n) is 1.48. The topological polar surface area (TPSA) is 0 Å². The van der Waals surface area contributed by atoms with Crippen molar-refractivity contribution in [3.8, 4) is 0 Å². The van der Waals surface area contributed by atoms with Crippen molar-refractivity contribution in [1.29, 1.82) is 0 Å². The molecule has 90 valence electrons. The van der Waals surface area contributed by atoms with Crippen molar-refractivity contribution in [2.45, 2.75) is 13.3 Å². The Bertz CT molecular complexity index is 360. The van der Waals surface area contributed by atoms with E-state index in [1.807, 2.05) is 43.3 Å². The molecule has 0 aromatic heterocycles. The van der Waals surface area contributed by atoms with E-state index in [0.717, 1.165) is 6.42 Å². The fourth-order valence-corrected chi connectivity index (χ4v) is 1.48. The predicted octanol–water partition coefficient (Wildman–Crippen LogP) is 4.61. The van der Waals surface area contributed by atoms with Gasteiger partial charge in [0.05, 0.1) is 0 Å². The van der Waals surface area contributed by atoms with Gasteiger partial charge in [-0.2, -0.15) is 23.8 Å². The predicted molar refractivity (Wildman–Crippen MR) is 72.1 cm³/mol. The summed E-state index contributed by atoms with van der Waals surface area (Å²) >= 11 is 0. The maximum Gasteiger partial charge on any atom is 2.00 e. The van der Waals surface area contributed by atoms with E-state index in [0.29, 0.717) is 0 Å². The van der Waals surface area contributed by atoms with Crippen molar-refractivity contribution in [2.75, 3.05) is 0 Å².